The van der Waals surface area contributed by atoms with E-state index >= 15 is 0 Å². The predicted octanol–water partition coefficient (Wildman–Crippen LogP) is 3.09. The number of aryl methyl sites for hydroxylation is 1. The van der Waals surface area contributed by atoms with Crippen molar-refractivity contribution in [2.45, 2.75) is 19.6 Å². The summed E-state index contributed by atoms with van der Waals surface area (Å²) in [6, 6.07) is 11.7. The summed E-state index contributed by atoms with van der Waals surface area (Å²) in [7, 11) is 1.93. The van der Waals surface area contributed by atoms with Gasteiger partial charge in [0.15, 0.2) is 0 Å². The third-order valence-corrected chi connectivity index (χ3v) is 5.41. The molecule has 3 aromatic heterocycles. The lowest BCUT2D eigenvalue weighted by molar-refractivity contribution is 0.300. The van der Waals surface area contributed by atoms with Gasteiger partial charge in [-0.15, -0.1) is 0 Å². The van der Waals surface area contributed by atoms with Gasteiger partial charge < -0.3 is 14.6 Å². The van der Waals surface area contributed by atoms with Crippen LogP contribution >= 0.6 is 0 Å². The quantitative estimate of drug-likeness (QED) is 0.566. The largest absolute Gasteiger partial charge is 0.487 e. The number of pyridine rings is 2. The maximum Gasteiger partial charge on any atom is 0.258 e. The van der Waals surface area contributed by atoms with E-state index < -0.39 is 12.3 Å². The molecule has 0 unspecified atom stereocenters. The minimum atomic E-state index is -1.44. The van der Waals surface area contributed by atoms with Crippen LogP contribution < -0.4 is 15.6 Å². The van der Waals surface area contributed by atoms with Gasteiger partial charge in [0.25, 0.3) is 5.56 Å². The molecule has 0 aliphatic carbocycles. The molecule has 5 rings (SSSR count). The molecular weight excluding hydrogens is 383 g/mol. The smallest absolute Gasteiger partial charge is 0.258 e. The SMILES string of the molecule is [2H]C1([2H])Cc2c(c3ccc(-n4ccc(OCc5ccc(F)cn5)cc4=O)cc3n2C)CN1. The molecule has 0 bridgehead atoms. The second kappa shape index (κ2) is 7.42. The van der Waals surface area contributed by atoms with E-state index in [1.165, 1.54) is 22.8 Å². The minimum absolute atomic E-state index is 0.131. The topological polar surface area (TPSA) is 61.1 Å². The van der Waals surface area contributed by atoms with Gasteiger partial charge in [0, 0.05) is 52.6 Å². The zero-order valence-corrected chi connectivity index (χ0v) is 16.4. The number of aromatic nitrogens is 3. The lowest BCUT2D eigenvalue weighted by Crippen LogP contribution is -2.24. The van der Waals surface area contributed by atoms with E-state index in [-0.39, 0.29) is 18.6 Å². The normalized spacial score (nSPS) is 16.1. The molecule has 0 saturated carbocycles. The number of hydrogen-bond acceptors (Lipinski definition) is 4. The molecule has 4 heterocycles. The van der Waals surface area contributed by atoms with Crippen LogP contribution in [-0.2, 0) is 26.6 Å². The standard InChI is InChI=1S/C23H21FN4O2/c1-27-21-6-8-25-13-20(21)19-5-4-17(10-22(19)27)28-9-7-18(11-23(28)29)30-14-16-3-2-15(24)12-26-16/h2-5,7,9-12,25H,6,8,13-14H2,1H3/i8D2. The van der Waals surface area contributed by atoms with Gasteiger partial charge in [-0.1, -0.05) is 6.07 Å². The van der Waals surface area contributed by atoms with Crippen LogP contribution in [0.15, 0.2) is 59.7 Å². The Morgan fingerprint density at radius 2 is 2.17 bits per heavy atom. The first-order chi connectivity index (χ1) is 15.3. The third kappa shape index (κ3) is 3.27. The second-order valence-corrected chi connectivity index (χ2v) is 7.22. The van der Waals surface area contributed by atoms with Gasteiger partial charge in [0.05, 0.1) is 23.1 Å². The van der Waals surface area contributed by atoms with Crippen molar-refractivity contribution in [3.8, 4) is 11.4 Å². The van der Waals surface area contributed by atoms with Crippen molar-refractivity contribution >= 4 is 10.9 Å². The van der Waals surface area contributed by atoms with Crippen LogP contribution in [0.5, 0.6) is 5.75 Å². The summed E-state index contributed by atoms with van der Waals surface area (Å²) in [5.74, 6) is -0.0107. The Balaban J connectivity index is 1.43. The third-order valence-electron chi connectivity index (χ3n) is 5.41. The van der Waals surface area contributed by atoms with Crippen molar-refractivity contribution in [1.82, 2.24) is 19.4 Å². The van der Waals surface area contributed by atoms with Crippen LogP contribution in [0.25, 0.3) is 16.6 Å². The van der Waals surface area contributed by atoms with Crippen LogP contribution in [0.4, 0.5) is 4.39 Å². The zero-order valence-electron chi connectivity index (χ0n) is 18.4. The molecule has 0 spiro atoms. The highest BCUT2D eigenvalue weighted by Crippen LogP contribution is 2.29. The van der Waals surface area contributed by atoms with Crippen molar-refractivity contribution in [3.05, 3.63) is 88.0 Å². The molecule has 6 nitrogen and oxygen atoms in total. The number of rotatable bonds is 4. The lowest BCUT2D eigenvalue weighted by Gasteiger charge is -2.14. The van der Waals surface area contributed by atoms with E-state index in [2.05, 4.69) is 10.3 Å². The average molecular weight is 406 g/mol. The summed E-state index contributed by atoms with van der Waals surface area (Å²) >= 11 is 0. The zero-order chi connectivity index (χ0) is 22.5. The number of nitrogens with one attached hydrogen (secondary N) is 1. The van der Waals surface area contributed by atoms with Gasteiger partial charge in [-0.2, -0.15) is 0 Å². The Morgan fingerprint density at radius 1 is 1.27 bits per heavy atom. The minimum Gasteiger partial charge on any atom is -0.487 e. The molecule has 1 N–H and O–H groups in total. The van der Waals surface area contributed by atoms with E-state index in [1.807, 2.05) is 29.8 Å². The van der Waals surface area contributed by atoms with E-state index in [0.717, 1.165) is 28.4 Å². The van der Waals surface area contributed by atoms with Gasteiger partial charge >= 0.3 is 0 Å². The predicted molar refractivity (Wildman–Crippen MR) is 112 cm³/mol. The lowest BCUT2D eigenvalue weighted by atomic mass is 10.1. The highest BCUT2D eigenvalue weighted by atomic mass is 19.1. The maximum atomic E-state index is 13.0. The van der Waals surface area contributed by atoms with Crippen LogP contribution in [-0.4, -0.2) is 20.6 Å². The van der Waals surface area contributed by atoms with Crippen LogP contribution in [0.2, 0.25) is 0 Å². The van der Waals surface area contributed by atoms with Gasteiger partial charge in [-0.25, -0.2) is 4.39 Å². The first kappa shape index (κ1) is 16.4. The van der Waals surface area contributed by atoms with Gasteiger partial charge in [0.2, 0.25) is 0 Å². The molecule has 1 aromatic carbocycles. The summed E-state index contributed by atoms with van der Waals surface area (Å²) in [6.07, 6.45) is 3.07. The van der Waals surface area contributed by atoms with Crippen molar-refractivity contribution in [2.75, 3.05) is 6.50 Å². The van der Waals surface area contributed by atoms with Crippen molar-refractivity contribution in [3.63, 3.8) is 0 Å². The maximum absolute atomic E-state index is 13.0. The second-order valence-electron chi connectivity index (χ2n) is 7.22. The fourth-order valence-corrected chi connectivity index (χ4v) is 3.84. The molecule has 4 aromatic rings. The van der Waals surface area contributed by atoms with Crippen LogP contribution in [0, 0.1) is 5.82 Å². The molecule has 30 heavy (non-hydrogen) atoms. The van der Waals surface area contributed by atoms with Gasteiger partial charge in [-0.3, -0.25) is 14.3 Å². The van der Waals surface area contributed by atoms with Crippen molar-refractivity contribution in [1.29, 1.82) is 0 Å². The Labute approximate surface area is 175 Å². The van der Waals surface area contributed by atoms with E-state index in [9.17, 15) is 9.18 Å². The number of fused-ring (bicyclic) bond motifs is 3. The van der Waals surface area contributed by atoms with Gasteiger partial charge in [-0.05, 0) is 35.9 Å². The summed E-state index contributed by atoms with van der Waals surface area (Å²) in [4.78, 5) is 16.7. The van der Waals surface area contributed by atoms with Crippen LogP contribution in [0.1, 0.15) is 19.7 Å². The molecule has 0 saturated heterocycles. The fourth-order valence-electron chi connectivity index (χ4n) is 3.84. The molecule has 0 radical (unpaired) electrons. The Hall–Kier alpha value is -3.45. The molecule has 1 aliphatic heterocycles. The average Bonchev–Trinajstić information content (AvgIpc) is 3.03. The highest BCUT2D eigenvalue weighted by molar-refractivity contribution is 5.87. The van der Waals surface area contributed by atoms with Gasteiger partial charge in [0.1, 0.15) is 18.2 Å². The molecule has 0 fully saturated rings. The van der Waals surface area contributed by atoms with E-state index in [0.29, 0.717) is 23.7 Å². The fraction of sp³-hybridized carbons (Fsp3) is 0.217. The number of nitrogens with zero attached hydrogens (tertiary/aromatic N) is 3. The number of ether oxygens (including phenoxy) is 1. The van der Waals surface area contributed by atoms with E-state index in [4.69, 9.17) is 7.48 Å². The molecular formula is C23H21FN4O2. The Bertz CT molecular complexity index is 1380. The summed E-state index contributed by atoms with van der Waals surface area (Å²) in [6.45, 7) is -0.839. The van der Waals surface area contributed by atoms with Crippen LogP contribution in [0.3, 0.4) is 0 Å². The first-order valence-corrected chi connectivity index (χ1v) is 9.62. The summed E-state index contributed by atoms with van der Waals surface area (Å²) in [5, 5.41) is 3.99. The van der Waals surface area contributed by atoms with Crippen molar-refractivity contribution < 1.29 is 11.9 Å². The molecule has 0 atom stereocenters. The van der Waals surface area contributed by atoms with E-state index in [1.54, 1.807) is 12.3 Å². The highest BCUT2D eigenvalue weighted by Gasteiger charge is 2.18. The first-order valence-electron chi connectivity index (χ1n) is 10.6. The summed E-state index contributed by atoms with van der Waals surface area (Å²) < 4.78 is 38.2. The Morgan fingerprint density at radius 3 is 2.97 bits per heavy atom. The van der Waals surface area contributed by atoms with Crippen molar-refractivity contribution in [2.24, 2.45) is 7.05 Å². The summed E-state index contributed by atoms with van der Waals surface area (Å²) in [5.41, 5.74) is 4.03. The molecule has 7 heteroatoms. The number of hydrogen-bond donors (Lipinski definition) is 1. The molecule has 152 valence electrons. The monoisotopic (exact) mass is 406 g/mol. The number of benzene rings is 1. The molecule has 1 aliphatic rings. The molecule has 0 amide bonds. The number of halogens is 1. The Kier molecular flexibility index (Phi) is 4.05.